The lowest BCUT2D eigenvalue weighted by Gasteiger charge is -2.37. The molecule has 3 N–H and O–H groups in total. The number of nitrogens with one attached hydrogen (secondary N) is 2. The Kier molecular flexibility index (Phi) is 16.3. The van der Waals surface area contributed by atoms with Crippen molar-refractivity contribution < 1.29 is 29.0 Å². The molecule has 59 heavy (non-hydrogen) atoms. The Balaban J connectivity index is 0.000000232. The maximum absolute atomic E-state index is 13.4. The molecule has 0 unspecified atom stereocenters. The molecule has 2 aromatic carbocycles. The number of amides is 2. The van der Waals surface area contributed by atoms with E-state index in [2.05, 4.69) is 90.3 Å². The van der Waals surface area contributed by atoms with Crippen LogP contribution in [-0.4, -0.2) is 39.2 Å². The lowest BCUT2D eigenvalue weighted by atomic mass is 9.76. The summed E-state index contributed by atoms with van der Waals surface area (Å²) in [6.07, 6.45) is 10.8. The van der Waals surface area contributed by atoms with Crippen molar-refractivity contribution >= 4 is 45.8 Å². The van der Waals surface area contributed by atoms with Gasteiger partial charge in [0.05, 0.1) is 28.1 Å². The molecule has 4 aliphatic rings. The van der Waals surface area contributed by atoms with E-state index in [1.54, 1.807) is 13.8 Å². The third-order valence-electron chi connectivity index (χ3n) is 12.8. The average Bonchev–Trinajstić information content (AvgIpc) is 3.59. The number of rotatable bonds is 9. The quantitative estimate of drug-likeness (QED) is 0.171. The number of halogens is 1. The molecule has 0 atom stereocenters. The van der Waals surface area contributed by atoms with E-state index in [-0.39, 0.29) is 40.6 Å². The maximum Gasteiger partial charge on any atom is 0.313 e. The third kappa shape index (κ3) is 10.5. The Morgan fingerprint density at radius 3 is 1.37 bits per heavy atom. The van der Waals surface area contributed by atoms with Crippen molar-refractivity contribution in [3.8, 4) is 0 Å². The van der Waals surface area contributed by atoms with E-state index in [4.69, 9.17) is 16.3 Å². The number of ether oxygens (including phenoxy) is 1. The highest BCUT2D eigenvalue weighted by atomic mass is 35.5. The molecule has 8 nitrogen and oxygen atoms in total. The molecule has 2 aromatic rings. The summed E-state index contributed by atoms with van der Waals surface area (Å²) in [4.78, 5) is 48.7. The molecule has 2 fully saturated rings. The molecule has 9 heteroatoms. The van der Waals surface area contributed by atoms with Crippen molar-refractivity contribution in [1.29, 1.82) is 0 Å². The SMILES string of the molecule is CC(C)C(=O)Cl.CCc1cc(C)cc(CC)c1C1=C(O)C2(CCC(C)CC2)NC1=O.CCc1cc(C)cc(CC)c1C1=C(OC(=O)C(C)C)C2(CCC(C)CC2)NC1=O. The van der Waals surface area contributed by atoms with Crippen LogP contribution in [0.2, 0.25) is 0 Å². The molecular formula is C50H71ClN2O6. The molecule has 2 aliphatic heterocycles. The van der Waals surface area contributed by atoms with Crippen molar-refractivity contribution in [2.75, 3.05) is 0 Å². The van der Waals surface area contributed by atoms with Crippen LogP contribution in [0.3, 0.4) is 0 Å². The minimum absolute atomic E-state index is 0.0216. The van der Waals surface area contributed by atoms with Crippen LogP contribution in [0, 0.1) is 37.5 Å². The minimum Gasteiger partial charge on any atom is -0.509 e. The lowest BCUT2D eigenvalue weighted by molar-refractivity contribution is -0.144. The second-order valence-corrected chi connectivity index (χ2v) is 18.6. The molecule has 0 saturated heterocycles. The van der Waals surface area contributed by atoms with Crippen LogP contribution in [0.15, 0.2) is 35.8 Å². The zero-order chi connectivity index (χ0) is 44.0. The molecule has 0 bridgehead atoms. The molecule has 0 radical (unpaired) electrons. The molecule has 2 spiro atoms. The van der Waals surface area contributed by atoms with E-state index in [9.17, 15) is 24.3 Å². The van der Waals surface area contributed by atoms with Gasteiger partial charge in [0.15, 0.2) is 0 Å². The standard InChI is InChI=1S/C25H35NO3.C21H29NO2.C4H7ClO/c1-7-18-13-17(6)14-19(8-2)20(18)21-22(29-24(28)15(3)4)25(26-23(21)27)11-9-16(5)10-12-25;1-5-15-11-14(4)12-16(6-2)17(15)18-19(23)21(22-20(18)24)9-7-13(3)8-10-21;1-3(2)4(5)6/h13-16H,7-12H2,1-6H3,(H,26,27);11-13,23H,5-10H2,1-4H3,(H,22,24);3H,1-2H3. The van der Waals surface area contributed by atoms with Crippen LogP contribution < -0.4 is 10.6 Å². The molecule has 0 aromatic heterocycles. The van der Waals surface area contributed by atoms with E-state index >= 15 is 0 Å². The Morgan fingerprint density at radius 1 is 0.678 bits per heavy atom. The predicted molar refractivity (Wildman–Crippen MR) is 240 cm³/mol. The maximum atomic E-state index is 13.4. The van der Waals surface area contributed by atoms with Gasteiger partial charge in [0.1, 0.15) is 11.5 Å². The summed E-state index contributed by atoms with van der Waals surface area (Å²) in [7, 11) is 0. The van der Waals surface area contributed by atoms with Crippen molar-refractivity contribution in [3.63, 3.8) is 0 Å². The Morgan fingerprint density at radius 2 is 1.02 bits per heavy atom. The zero-order valence-electron chi connectivity index (χ0n) is 38.0. The van der Waals surface area contributed by atoms with Gasteiger partial charge in [0.25, 0.3) is 11.8 Å². The van der Waals surface area contributed by atoms with Crippen LogP contribution in [0.25, 0.3) is 11.1 Å². The van der Waals surface area contributed by atoms with E-state index in [1.807, 2.05) is 13.8 Å². The van der Waals surface area contributed by atoms with Gasteiger partial charge in [-0.05, 0) is 148 Å². The Labute approximate surface area is 359 Å². The highest BCUT2D eigenvalue weighted by molar-refractivity contribution is 6.63. The number of esters is 1. The first-order valence-corrected chi connectivity index (χ1v) is 22.7. The van der Waals surface area contributed by atoms with Gasteiger partial charge in [-0.3, -0.25) is 19.2 Å². The Bertz CT molecular complexity index is 1910. The number of aliphatic hydroxyl groups is 1. The second-order valence-electron chi connectivity index (χ2n) is 18.2. The van der Waals surface area contributed by atoms with Crippen LogP contribution in [0.4, 0.5) is 0 Å². The van der Waals surface area contributed by atoms with Gasteiger partial charge in [0.2, 0.25) is 5.24 Å². The summed E-state index contributed by atoms with van der Waals surface area (Å²) in [5.41, 5.74) is 8.99. The van der Waals surface area contributed by atoms with Crippen molar-refractivity contribution in [2.24, 2.45) is 23.7 Å². The molecule has 2 aliphatic carbocycles. The zero-order valence-corrected chi connectivity index (χ0v) is 38.7. The summed E-state index contributed by atoms with van der Waals surface area (Å²) in [5.74, 6) is 1.42. The van der Waals surface area contributed by atoms with Crippen LogP contribution in [0.5, 0.6) is 0 Å². The fraction of sp³-hybridized carbons (Fsp3) is 0.600. The fourth-order valence-electron chi connectivity index (χ4n) is 9.06. The molecule has 2 amide bonds. The number of carbonyl (C=O) groups is 4. The van der Waals surface area contributed by atoms with E-state index < -0.39 is 11.1 Å². The van der Waals surface area contributed by atoms with Gasteiger partial charge in [-0.1, -0.05) is 105 Å². The molecule has 6 rings (SSSR count). The lowest BCUT2D eigenvalue weighted by Crippen LogP contribution is -2.48. The first kappa shape index (κ1) is 47.8. The number of aryl methyl sites for hydroxylation is 6. The molecular weight excluding hydrogens is 760 g/mol. The summed E-state index contributed by atoms with van der Waals surface area (Å²) in [5, 5.41) is 17.2. The summed E-state index contributed by atoms with van der Waals surface area (Å²) in [6.45, 7) is 24.3. The van der Waals surface area contributed by atoms with E-state index in [0.717, 1.165) is 110 Å². The number of hydrogen-bond acceptors (Lipinski definition) is 6. The normalized spacial score (nSPS) is 23.9. The van der Waals surface area contributed by atoms with Gasteiger partial charge in [-0.25, -0.2) is 0 Å². The summed E-state index contributed by atoms with van der Waals surface area (Å²) in [6, 6.07) is 8.61. The van der Waals surface area contributed by atoms with Crippen molar-refractivity contribution in [1.82, 2.24) is 10.6 Å². The minimum atomic E-state index is -0.551. The van der Waals surface area contributed by atoms with Crippen LogP contribution in [0.1, 0.15) is 165 Å². The van der Waals surface area contributed by atoms with E-state index in [0.29, 0.717) is 28.7 Å². The van der Waals surface area contributed by atoms with Gasteiger partial charge in [-0.2, -0.15) is 0 Å². The second kappa shape index (κ2) is 20.1. The average molecular weight is 832 g/mol. The fourth-order valence-corrected chi connectivity index (χ4v) is 9.06. The molecule has 324 valence electrons. The first-order chi connectivity index (χ1) is 27.8. The summed E-state index contributed by atoms with van der Waals surface area (Å²) < 4.78 is 6.03. The van der Waals surface area contributed by atoms with Gasteiger partial charge >= 0.3 is 5.97 Å². The molecule has 2 heterocycles. The largest absolute Gasteiger partial charge is 0.509 e. The van der Waals surface area contributed by atoms with Gasteiger partial charge < -0.3 is 20.5 Å². The Hall–Kier alpha value is -3.91. The van der Waals surface area contributed by atoms with E-state index in [1.165, 1.54) is 11.1 Å². The number of aliphatic hydroxyl groups excluding tert-OH is 1. The number of benzene rings is 2. The topological polar surface area (TPSA) is 122 Å². The van der Waals surface area contributed by atoms with Gasteiger partial charge in [-0.15, -0.1) is 0 Å². The highest BCUT2D eigenvalue weighted by Gasteiger charge is 2.50. The smallest absolute Gasteiger partial charge is 0.313 e. The first-order valence-electron chi connectivity index (χ1n) is 22.3. The van der Waals surface area contributed by atoms with Crippen molar-refractivity contribution in [2.45, 2.75) is 171 Å². The third-order valence-corrected chi connectivity index (χ3v) is 13.2. The monoisotopic (exact) mass is 831 g/mol. The number of carbonyl (C=O) groups excluding carboxylic acids is 4. The number of hydrogen-bond donors (Lipinski definition) is 3. The van der Waals surface area contributed by atoms with Crippen LogP contribution >= 0.6 is 11.6 Å². The van der Waals surface area contributed by atoms with Gasteiger partial charge in [0, 0.05) is 5.92 Å². The highest BCUT2D eigenvalue weighted by Crippen LogP contribution is 2.47. The molecule has 2 saturated carbocycles. The van der Waals surface area contributed by atoms with Crippen LogP contribution in [-0.2, 0) is 49.6 Å². The summed E-state index contributed by atoms with van der Waals surface area (Å²) >= 11 is 4.97. The predicted octanol–water partition coefficient (Wildman–Crippen LogP) is 11.0. The van der Waals surface area contributed by atoms with Crippen molar-refractivity contribution in [3.05, 3.63) is 80.3 Å².